The molecule has 2 aromatic heterocycles. The summed E-state index contributed by atoms with van der Waals surface area (Å²) in [6.07, 6.45) is 3.62. The largest absolute Gasteiger partial charge is 0.477 e. The number of fused-ring (bicyclic) bond motifs is 1. The van der Waals surface area contributed by atoms with E-state index in [1.165, 1.54) is 36.3 Å². The number of thioether (sulfide) groups is 1. The van der Waals surface area contributed by atoms with Gasteiger partial charge in [0.15, 0.2) is 24.1 Å². The number of carboxylic acids is 1. The number of hydrogen-bond donors (Lipinski definition) is 3. The molecule has 4 rings (SSSR count). The fourth-order valence-corrected chi connectivity index (χ4v) is 6.60. The molecule has 0 aromatic carbocycles. The predicted molar refractivity (Wildman–Crippen MR) is 132 cm³/mol. The van der Waals surface area contributed by atoms with E-state index >= 15 is 0 Å². The molecule has 12 nitrogen and oxygen atoms in total. The number of aromatic nitrogens is 2. The zero-order valence-corrected chi connectivity index (χ0v) is 21.7. The summed E-state index contributed by atoms with van der Waals surface area (Å²) in [5, 5.41) is 13.6. The first kappa shape index (κ1) is 26.0. The van der Waals surface area contributed by atoms with Crippen LogP contribution >= 0.6 is 30.7 Å². The molecule has 0 unspecified atom stereocenters. The van der Waals surface area contributed by atoms with Crippen LogP contribution in [0.1, 0.15) is 5.69 Å². The monoisotopic (exact) mass is 552 g/mol. The van der Waals surface area contributed by atoms with Crippen LogP contribution < -0.4 is 15.6 Å². The summed E-state index contributed by atoms with van der Waals surface area (Å²) < 4.78 is 24.4. The van der Waals surface area contributed by atoms with E-state index in [1.807, 2.05) is 35.2 Å². The lowest BCUT2D eigenvalue weighted by Crippen LogP contribution is -2.70. The number of nitrogens with two attached hydrogens (primary N) is 1. The highest BCUT2D eigenvalue weighted by molar-refractivity contribution is 8.00. The Morgan fingerprint density at radius 3 is 2.61 bits per heavy atom. The van der Waals surface area contributed by atoms with Crippen LogP contribution in [0.3, 0.4) is 0 Å². The topological polar surface area (TPSA) is 165 Å². The quantitative estimate of drug-likeness (QED) is 0.179. The molecule has 1 saturated heterocycles. The molecule has 190 valence electrons. The number of hydrogen-bond acceptors (Lipinski definition) is 10. The van der Waals surface area contributed by atoms with Gasteiger partial charge < -0.3 is 25.2 Å². The number of carbonyl (C=O) groups is 3. The van der Waals surface area contributed by atoms with Crippen molar-refractivity contribution in [3.8, 4) is 0 Å². The van der Waals surface area contributed by atoms with Crippen molar-refractivity contribution in [1.29, 1.82) is 0 Å². The number of carbonyl (C=O) groups excluding carboxylic acids is 2. The van der Waals surface area contributed by atoms with E-state index in [1.54, 1.807) is 0 Å². The number of pyridine rings is 1. The number of carboxylic acid groups (broad SMARTS) is 1. The zero-order valence-electron chi connectivity index (χ0n) is 19.2. The van der Waals surface area contributed by atoms with Gasteiger partial charge in [-0.2, -0.15) is 0 Å². The van der Waals surface area contributed by atoms with Crippen LogP contribution in [-0.4, -0.2) is 64.2 Å². The highest BCUT2D eigenvalue weighted by atomic mass is 32.2. The van der Waals surface area contributed by atoms with Crippen molar-refractivity contribution in [2.45, 2.75) is 18.0 Å². The van der Waals surface area contributed by atoms with E-state index in [9.17, 15) is 24.1 Å². The number of nitrogens with one attached hydrogen (secondary N) is 1. The van der Waals surface area contributed by atoms with Crippen molar-refractivity contribution in [3.63, 3.8) is 0 Å². The van der Waals surface area contributed by atoms with Crippen LogP contribution in [0.4, 0.5) is 5.13 Å². The number of nitrogens with zero attached hydrogens (tertiary/aromatic N) is 3. The van der Waals surface area contributed by atoms with Gasteiger partial charge in [0.2, 0.25) is 0 Å². The van der Waals surface area contributed by atoms with E-state index in [0.717, 1.165) is 17.2 Å². The molecule has 2 aliphatic rings. The molecule has 2 amide bonds. The lowest BCUT2D eigenvalue weighted by Gasteiger charge is -2.49. The third-order valence-electron chi connectivity index (χ3n) is 5.53. The van der Waals surface area contributed by atoms with Crippen molar-refractivity contribution in [2.24, 2.45) is 0 Å². The normalized spacial score (nSPS) is 20.1. The number of amides is 2. The molecule has 1 fully saturated rings. The molecule has 4 heterocycles. The van der Waals surface area contributed by atoms with Gasteiger partial charge in [0, 0.05) is 48.9 Å². The molecule has 2 aliphatic heterocycles. The minimum absolute atomic E-state index is 0.0862. The maximum Gasteiger partial charge on any atom is 0.354 e. The average molecular weight is 553 g/mol. The SMILES string of the molecule is COP(=O)(/C=C(\C(=O)N[C@@H]1C(=O)N2C(C(=O)O)=C(C[n+]3ccccc3)CS[C@H]12)c1csc(N)n1)OC. The van der Waals surface area contributed by atoms with Gasteiger partial charge in [-0.1, -0.05) is 6.07 Å². The molecule has 0 radical (unpaired) electrons. The molecule has 0 spiro atoms. The fourth-order valence-electron chi connectivity index (χ4n) is 3.77. The van der Waals surface area contributed by atoms with Gasteiger partial charge in [0.05, 0.1) is 11.3 Å². The number of nitrogen functional groups attached to an aromatic ring is 1. The highest BCUT2D eigenvalue weighted by Gasteiger charge is 2.54. The van der Waals surface area contributed by atoms with Gasteiger partial charge in [0.1, 0.15) is 17.1 Å². The van der Waals surface area contributed by atoms with Crippen molar-refractivity contribution >= 4 is 59.2 Å². The minimum atomic E-state index is -3.78. The van der Waals surface area contributed by atoms with Crippen molar-refractivity contribution in [1.82, 2.24) is 15.2 Å². The Kier molecular flexibility index (Phi) is 7.62. The Labute approximate surface area is 214 Å². The number of thiazole rings is 1. The summed E-state index contributed by atoms with van der Waals surface area (Å²) in [4.78, 5) is 43.6. The van der Waals surface area contributed by atoms with Gasteiger partial charge >= 0.3 is 13.6 Å². The van der Waals surface area contributed by atoms with E-state index in [-0.39, 0.29) is 22.1 Å². The van der Waals surface area contributed by atoms with Crippen LogP contribution in [0.2, 0.25) is 0 Å². The van der Waals surface area contributed by atoms with Gasteiger partial charge in [-0.3, -0.25) is 19.1 Å². The second-order valence-electron chi connectivity index (χ2n) is 7.68. The summed E-state index contributed by atoms with van der Waals surface area (Å²) in [6.45, 7) is 0.310. The van der Waals surface area contributed by atoms with Crippen LogP contribution in [0.5, 0.6) is 0 Å². The Bertz CT molecular complexity index is 1300. The molecule has 2 aromatic rings. The van der Waals surface area contributed by atoms with Crippen LogP contribution in [0, 0.1) is 0 Å². The maximum atomic E-state index is 13.2. The number of anilines is 1. The molecular weight excluding hydrogens is 529 g/mol. The van der Waals surface area contributed by atoms with Crippen molar-refractivity contribution in [2.75, 3.05) is 25.7 Å². The first-order valence-corrected chi connectivity index (χ1v) is 14.0. The lowest BCUT2D eigenvalue weighted by molar-refractivity contribution is -0.689. The van der Waals surface area contributed by atoms with E-state index in [2.05, 4.69) is 10.3 Å². The Morgan fingerprint density at radius 2 is 2.03 bits per heavy atom. The van der Waals surface area contributed by atoms with Gasteiger partial charge in [-0.05, 0) is 0 Å². The fraction of sp³-hybridized carbons (Fsp3) is 0.286. The van der Waals surface area contributed by atoms with Crippen LogP contribution in [0.15, 0.2) is 53.1 Å². The standard InChI is InChI=1S/C21H22N5O7PS2/c1-32-34(31,33-2)9-13(14-11-36-21(22)23-14)17(27)24-15-18(28)26-16(20(29)30)12(10-35-19(15)26)8-25-6-4-3-5-7-25/h3-7,9,11,15,19H,8,10H2,1-2H3,(H3-,22,23,24,27,29,30)/p+1/b13-9-/t15-,19-/m1/s1. The summed E-state index contributed by atoms with van der Waals surface area (Å²) in [5.74, 6) is -1.15. The summed E-state index contributed by atoms with van der Waals surface area (Å²) in [5.41, 5.74) is 6.19. The Hall–Kier alpha value is -3.03. The summed E-state index contributed by atoms with van der Waals surface area (Å²) in [6, 6.07) is 4.51. The molecule has 0 bridgehead atoms. The molecule has 4 N–H and O–H groups in total. The Balaban J connectivity index is 1.58. The maximum absolute atomic E-state index is 13.2. The van der Waals surface area contributed by atoms with Crippen molar-refractivity contribution in [3.05, 3.63) is 58.8 Å². The molecule has 0 saturated carbocycles. The molecule has 36 heavy (non-hydrogen) atoms. The third-order valence-corrected chi connectivity index (χ3v) is 9.13. The van der Waals surface area contributed by atoms with Crippen molar-refractivity contribution < 1.29 is 37.7 Å². The summed E-state index contributed by atoms with van der Waals surface area (Å²) in [7, 11) is -1.44. The average Bonchev–Trinajstić information content (AvgIpc) is 3.31. The molecule has 2 atom stereocenters. The van der Waals surface area contributed by atoms with Gasteiger partial charge in [-0.15, -0.1) is 23.1 Å². The second-order valence-corrected chi connectivity index (χ2v) is 11.7. The third kappa shape index (κ3) is 5.08. The Morgan fingerprint density at radius 1 is 1.33 bits per heavy atom. The first-order chi connectivity index (χ1) is 17.2. The van der Waals surface area contributed by atoms with Crippen LogP contribution in [0.25, 0.3) is 5.57 Å². The van der Waals surface area contributed by atoms with Crippen LogP contribution in [-0.2, 0) is 34.5 Å². The lowest BCUT2D eigenvalue weighted by atomic mass is 10.0. The van der Waals surface area contributed by atoms with Gasteiger partial charge in [0.25, 0.3) is 11.8 Å². The first-order valence-electron chi connectivity index (χ1n) is 10.5. The van der Waals surface area contributed by atoms with E-state index in [0.29, 0.717) is 17.9 Å². The number of rotatable bonds is 9. The predicted octanol–water partition coefficient (Wildman–Crippen LogP) is 1.28. The molecular formula is C21H23N5O7PS2+. The van der Waals surface area contributed by atoms with E-state index in [4.69, 9.17) is 14.8 Å². The highest BCUT2D eigenvalue weighted by Crippen LogP contribution is 2.50. The number of aliphatic carboxylic acids is 1. The van der Waals surface area contributed by atoms with Gasteiger partial charge in [-0.25, -0.2) is 14.3 Å². The minimum Gasteiger partial charge on any atom is -0.477 e. The smallest absolute Gasteiger partial charge is 0.354 e. The van der Waals surface area contributed by atoms with E-state index < -0.39 is 36.8 Å². The zero-order chi connectivity index (χ0) is 26.0. The molecule has 15 heteroatoms. The number of β-lactam (4-membered cyclic amide) rings is 1. The molecule has 0 aliphatic carbocycles. The summed E-state index contributed by atoms with van der Waals surface area (Å²) >= 11 is 2.42. The second kappa shape index (κ2) is 10.5.